The van der Waals surface area contributed by atoms with Gasteiger partial charge in [-0.05, 0) is 34.7 Å². The van der Waals surface area contributed by atoms with Gasteiger partial charge in [-0.1, -0.05) is 13.8 Å². The Morgan fingerprint density at radius 2 is 1.94 bits per heavy atom. The normalized spacial score (nSPS) is 10.7. The number of aryl methyl sites for hydroxylation is 1. The van der Waals surface area contributed by atoms with Gasteiger partial charge in [0, 0.05) is 24.2 Å². The Morgan fingerprint density at radius 3 is 2.44 bits per heavy atom. The van der Waals surface area contributed by atoms with Crippen molar-refractivity contribution in [2.24, 2.45) is 13.0 Å². The average Bonchev–Trinajstić information content (AvgIpc) is 2.76. The van der Waals surface area contributed by atoms with Crippen LogP contribution in [0.15, 0.2) is 24.3 Å². The quantitative estimate of drug-likeness (QED) is 0.888. The van der Waals surface area contributed by atoms with E-state index in [9.17, 15) is 4.79 Å². The van der Waals surface area contributed by atoms with E-state index in [-0.39, 0.29) is 11.8 Å². The van der Waals surface area contributed by atoms with E-state index in [4.69, 9.17) is 0 Å². The van der Waals surface area contributed by atoms with Crippen LogP contribution in [0.2, 0.25) is 0 Å². The van der Waals surface area contributed by atoms with Crippen molar-refractivity contribution in [3.63, 3.8) is 0 Å². The highest BCUT2D eigenvalue weighted by molar-refractivity contribution is 5.92. The van der Waals surface area contributed by atoms with Crippen LogP contribution in [0.3, 0.4) is 0 Å². The van der Waals surface area contributed by atoms with E-state index >= 15 is 0 Å². The van der Waals surface area contributed by atoms with Crippen LogP contribution in [0.5, 0.6) is 0 Å². The second kappa shape index (κ2) is 4.95. The summed E-state index contributed by atoms with van der Waals surface area (Å²) in [5.41, 5.74) is 1.68. The van der Waals surface area contributed by atoms with Gasteiger partial charge >= 0.3 is 0 Å². The fourth-order valence-electron chi connectivity index (χ4n) is 1.46. The summed E-state index contributed by atoms with van der Waals surface area (Å²) >= 11 is 0. The highest BCUT2D eigenvalue weighted by Crippen LogP contribution is 2.18. The van der Waals surface area contributed by atoms with Gasteiger partial charge in [0.25, 0.3) is 0 Å². The molecule has 1 heterocycles. The van der Waals surface area contributed by atoms with Gasteiger partial charge in [-0.15, -0.1) is 5.10 Å². The number of amides is 1. The Labute approximate surface area is 105 Å². The fourth-order valence-corrected chi connectivity index (χ4v) is 1.46. The molecule has 0 unspecified atom stereocenters. The molecule has 1 aromatic carbocycles. The minimum absolute atomic E-state index is 0.00285. The lowest BCUT2D eigenvalue weighted by Crippen LogP contribution is -2.17. The molecule has 6 nitrogen and oxygen atoms in total. The average molecular weight is 245 g/mol. The first-order chi connectivity index (χ1) is 8.58. The van der Waals surface area contributed by atoms with Gasteiger partial charge < -0.3 is 5.32 Å². The number of hydrogen-bond donors (Lipinski definition) is 1. The Morgan fingerprint density at radius 1 is 1.28 bits per heavy atom. The highest BCUT2D eigenvalue weighted by Gasteiger charge is 2.08. The summed E-state index contributed by atoms with van der Waals surface area (Å²) < 4.78 is 1.60. The van der Waals surface area contributed by atoms with E-state index in [2.05, 4.69) is 20.8 Å². The summed E-state index contributed by atoms with van der Waals surface area (Å²) in [7, 11) is 1.78. The largest absolute Gasteiger partial charge is 0.326 e. The first-order valence-electron chi connectivity index (χ1n) is 5.71. The lowest BCUT2D eigenvalue weighted by Gasteiger charge is -2.08. The number of aromatic nitrogens is 4. The van der Waals surface area contributed by atoms with E-state index in [1.807, 2.05) is 38.1 Å². The summed E-state index contributed by atoms with van der Waals surface area (Å²) in [5, 5.41) is 14.1. The number of hydrogen-bond acceptors (Lipinski definition) is 4. The zero-order chi connectivity index (χ0) is 13.1. The Hall–Kier alpha value is -2.24. The van der Waals surface area contributed by atoms with Crippen LogP contribution in [-0.2, 0) is 11.8 Å². The number of rotatable bonds is 3. The number of carbonyl (C=O) groups is 1. The zero-order valence-electron chi connectivity index (χ0n) is 10.6. The molecule has 0 saturated carbocycles. The molecule has 0 saturated heterocycles. The van der Waals surface area contributed by atoms with Crippen LogP contribution in [-0.4, -0.2) is 26.1 Å². The number of nitrogens with one attached hydrogen (secondary N) is 1. The third kappa shape index (κ3) is 2.53. The highest BCUT2D eigenvalue weighted by atomic mass is 16.1. The molecule has 0 aliphatic rings. The number of carbonyl (C=O) groups excluding carboxylic acids is 1. The number of benzene rings is 1. The summed E-state index contributed by atoms with van der Waals surface area (Å²) in [6.07, 6.45) is 0. The molecule has 0 aliphatic carbocycles. The van der Waals surface area contributed by atoms with Crippen molar-refractivity contribution in [3.05, 3.63) is 24.3 Å². The monoisotopic (exact) mass is 245 g/mol. The zero-order valence-corrected chi connectivity index (χ0v) is 10.6. The predicted molar refractivity (Wildman–Crippen MR) is 67.7 cm³/mol. The molecule has 1 amide bonds. The lowest BCUT2D eigenvalue weighted by molar-refractivity contribution is -0.118. The summed E-state index contributed by atoms with van der Waals surface area (Å²) in [6.45, 7) is 3.71. The molecule has 6 heteroatoms. The van der Waals surface area contributed by atoms with Gasteiger partial charge in [0.2, 0.25) is 5.91 Å². The van der Waals surface area contributed by atoms with Crippen LogP contribution in [0.25, 0.3) is 11.4 Å². The maximum Gasteiger partial charge on any atom is 0.226 e. The summed E-state index contributed by atoms with van der Waals surface area (Å²) in [6, 6.07) is 7.43. The van der Waals surface area contributed by atoms with Gasteiger partial charge in [-0.25, -0.2) is 4.68 Å². The minimum Gasteiger partial charge on any atom is -0.326 e. The molecule has 2 aromatic rings. The maximum atomic E-state index is 11.5. The van der Waals surface area contributed by atoms with Crippen LogP contribution < -0.4 is 5.32 Å². The molecular weight excluding hydrogens is 230 g/mol. The van der Waals surface area contributed by atoms with Crippen LogP contribution in [0.1, 0.15) is 13.8 Å². The Kier molecular flexibility index (Phi) is 3.36. The molecule has 1 aromatic heterocycles. The van der Waals surface area contributed by atoms with Crippen molar-refractivity contribution < 1.29 is 4.79 Å². The van der Waals surface area contributed by atoms with Gasteiger partial charge in [-0.3, -0.25) is 4.79 Å². The second-order valence-electron chi connectivity index (χ2n) is 4.35. The molecule has 0 spiro atoms. The third-order valence-electron chi connectivity index (χ3n) is 2.56. The standard InChI is InChI=1S/C12H15N5O/c1-8(2)12(18)13-10-6-4-9(5-7-10)11-14-15-16-17(11)3/h4-8H,1-3H3,(H,13,18). The van der Waals surface area contributed by atoms with Gasteiger partial charge in [0.1, 0.15) is 0 Å². The van der Waals surface area contributed by atoms with Crippen molar-refractivity contribution >= 4 is 11.6 Å². The molecular formula is C12H15N5O. The SMILES string of the molecule is CC(C)C(=O)Nc1ccc(-c2nnnn2C)cc1. The van der Waals surface area contributed by atoms with Crippen LogP contribution >= 0.6 is 0 Å². The Bertz CT molecular complexity index is 544. The second-order valence-corrected chi connectivity index (χ2v) is 4.35. The number of anilines is 1. The fraction of sp³-hybridized carbons (Fsp3) is 0.333. The molecule has 18 heavy (non-hydrogen) atoms. The predicted octanol–water partition coefficient (Wildman–Crippen LogP) is 1.47. The minimum atomic E-state index is -0.0346. The van der Waals surface area contributed by atoms with E-state index in [0.29, 0.717) is 5.82 Å². The van der Waals surface area contributed by atoms with Gasteiger partial charge in [0.05, 0.1) is 0 Å². The molecule has 0 atom stereocenters. The molecule has 0 fully saturated rings. The number of nitrogens with zero attached hydrogens (tertiary/aromatic N) is 4. The number of tetrazole rings is 1. The van der Waals surface area contributed by atoms with Crippen molar-refractivity contribution in [1.29, 1.82) is 0 Å². The van der Waals surface area contributed by atoms with E-state index in [1.165, 1.54) is 0 Å². The lowest BCUT2D eigenvalue weighted by atomic mass is 10.1. The summed E-state index contributed by atoms with van der Waals surface area (Å²) in [5.74, 6) is 0.660. The molecule has 1 N–H and O–H groups in total. The van der Waals surface area contributed by atoms with Gasteiger partial charge in [0.15, 0.2) is 5.82 Å². The molecule has 2 rings (SSSR count). The molecule has 0 radical (unpaired) electrons. The van der Waals surface area contributed by atoms with Crippen molar-refractivity contribution in [3.8, 4) is 11.4 Å². The van der Waals surface area contributed by atoms with Crippen LogP contribution in [0, 0.1) is 5.92 Å². The summed E-state index contributed by atoms with van der Waals surface area (Å²) in [4.78, 5) is 11.5. The van der Waals surface area contributed by atoms with Crippen molar-refractivity contribution in [1.82, 2.24) is 20.2 Å². The van der Waals surface area contributed by atoms with Crippen molar-refractivity contribution in [2.45, 2.75) is 13.8 Å². The first kappa shape index (κ1) is 12.2. The van der Waals surface area contributed by atoms with Crippen LogP contribution in [0.4, 0.5) is 5.69 Å². The smallest absolute Gasteiger partial charge is 0.226 e. The van der Waals surface area contributed by atoms with Crippen molar-refractivity contribution in [2.75, 3.05) is 5.32 Å². The van der Waals surface area contributed by atoms with E-state index in [0.717, 1.165) is 11.3 Å². The van der Waals surface area contributed by atoms with E-state index < -0.39 is 0 Å². The Balaban J connectivity index is 2.16. The topological polar surface area (TPSA) is 72.7 Å². The maximum absolute atomic E-state index is 11.5. The molecule has 0 aliphatic heterocycles. The third-order valence-corrected chi connectivity index (χ3v) is 2.56. The molecule has 0 bridgehead atoms. The first-order valence-corrected chi connectivity index (χ1v) is 5.71. The van der Waals surface area contributed by atoms with E-state index in [1.54, 1.807) is 11.7 Å². The van der Waals surface area contributed by atoms with Gasteiger partial charge in [-0.2, -0.15) is 0 Å². The molecule has 94 valence electrons.